The molecule has 1 N–H and O–H groups in total. The number of thioether (sulfide) groups is 1. The molecule has 3 rings (SSSR count). The minimum atomic E-state index is -0.531. The van der Waals surface area contributed by atoms with Crippen LogP contribution in [-0.2, 0) is 11.2 Å². The van der Waals surface area contributed by atoms with Gasteiger partial charge in [-0.05, 0) is 54.3 Å². The maximum atomic E-state index is 12.9. The molecule has 2 aromatic carbocycles. The summed E-state index contributed by atoms with van der Waals surface area (Å²) < 4.78 is 22.1. The van der Waals surface area contributed by atoms with E-state index < -0.39 is 12.1 Å². The van der Waals surface area contributed by atoms with E-state index in [2.05, 4.69) is 5.32 Å². The van der Waals surface area contributed by atoms with E-state index in [1.807, 2.05) is 19.2 Å². The highest BCUT2D eigenvalue weighted by Gasteiger charge is 2.32. The second-order valence-electron chi connectivity index (χ2n) is 7.42. The van der Waals surface area contributed by atoms with Crippen molar-refractivity contribution >= 4 is 29.5 Å². The van der Waals surface area contributed by atoms with Gasteiger partial charge < -0.3 is 24.3 Å². The van der Waals surface area contributed by atoms with Gasteiger partial charge in [-0.25, -0.2) is 4.79 Å². The Labute approximate surface area is 202 Å². The number of nitrogens with one attached hydrogen (secondary N) is 1. The van der Waals surface area contributed by atoms with Crippen LogP contribution in [0.4, 0.5) is 4.79 Å². The first-order valence-electron chi connectivity index (χ1n) is 10.6. The van der Waals surface area contributed by atoms with E-state index in [0.29, 0.717) is 64.2 Å². The molecule has 1 atom stereocenters. The van der Waals surface area contributed by atoms with E-state index in [4.69, 9.17) is 30.5 Å². The smallest absolute Gasteiger partial charge is 0.407 e. The number of benzene rings is 1. The van der Waals surface area contributed by atoms with Crippen molar-refractivity contribution in [3.05, 3.63) is 44.6 Å². The Morgan fingerprint density at radius 1 is 1.15 bits per heavy atom. The van der Waals surface area contributed by atoms with Gasteiger partial charge in [-0.2, -0.15) is 0 Å². The Balaban J connectivity index is 2.34. The van der Waals surface area contributed by atoms with E-state index in [9.17, 15) is 9.59 Å². The first kappa shape index (κ1) is 25.1. The number of carbonyl (C=O) groups is 1. The minimum Gasteiger partial charge on any atom is -0.492 e. The van der Waals surface area contributed by atoms with Gasteiger partial charge in [0.1, 0.15) is 0 Å². The van der Waals surface area contributed by atoms with Crippen LogP contribution in [0.1, 0.15) is 36.9 Å². The van der Waals surface area contributed by atoms with Gasteiger partial charge in [0, 0.05) is 5.56 Å². The SMILES string of the molecule is CCCOC(=O)N[C@H]1CCc2c(Cl)c(OC)c(OC)c(OC)c2-c2ccc(SC)c(=O)cc21. The molecule has 7 nitrogen and oxygen atoms in total. The molecule has 0 radical (unpaired) electrons. The molecule has 0 unspecified atom stereocenters. The average molecular weight is 494 g/mol. The van der Waals surface area contributed by atoms with Crippen LogP contribution in [0.5, 0.6) is 17.2 Å². The molecule has 0 spiro atoms. The second kappa shape index (κ2) is 11.0. The van der Waals surface area contributed by atoms with Crippen molar-refractivity contribution < 1.29 is 23.7 Å². The molecular weight excluding hydrogens is 466 g/mol. The molecule has 0 heterocycles. The van der Waals surface area contributed by atoms with Crippen LogP contribution in [-0.4, -0.2) is 40.3 Å². The van der Waals surface area contributed by atoms with Gasteiger partial charge in [-0.1, -0.05) is 24.6 Å². The fraction of sp³-hybridized carbons (Fsp3) is 0.417. The highest BCUT2D eigenvalue weighted by Crippen LogP contribution is 2.54. The normalized spacial score (nSPS) is 14.4. The van der Waals surface area contributed by atoms with Crippen LogP contribution in [0, 0.1) is 0 Å². The first-order chi connectivity index (χ1) is 15.9. The molecule has 0 saturated carbocycles. The van der Waals surface area contributed by atoms with Crippen LogP contribution in [0.25, 0.3) is 11.1 Å². The van der Waals surface area contributed by atoms with Gasteiger partial charge in [0.25, 0.3) is 0 Å². The maximum Gasteiger partial charge on any atom is 0.407 e. The lowest BCUT2D eigenvalue weighted by molar-refractivity contribution is 0.141. The van der Waals surface area contributed by atoms with Crippen molar-refractivity contribution in [3.63, 3.8) is 0 Å². The maximum absolute atomic E-state index is 12.9. The molecule has 0 bridgehead atoms. The van der Waals surface area contributed by atoms with Crippen molar-refractivity contribution in [2.45, 2.75) is 37.1 Å². The monoisotopic (exact) mass is 493 g/mol. The number of amides is 1. The molecule has 9 heteroatoms. The number of carbonyl (C=O) groups excluding carboxylic acids is 1. The molecule has 0 aliphatic heterocycles. The lowest BCUT2D eigenvalue weighted by Crippen LogP contribution is -2.30. The lowest BCUT2D eigenvalue weighted by Gasteiger charge is -2.21. The Morgan fingerprint density at radius 2 is 1.85 bits per heavy atom. The fourth-order valence-electron chi connectivity index (χ4n) is 4.07. The largest absolute Gasteiger partial charge is 0.492 e. The molecule has 33 heavy (non-hydrogen) atoms. The Kier molecular flexibility index (Phi) is 8.37. The lowest BCUT2D eigenvalue weighted by atomic mass is 9.95. The van der Waals surface area contributed by atoms with Gasteiger partial charge in [-0.3, -0.25) is 4.79 Å². The van der Waals surface area contributed by atoms with Crippen molar-refractivity contribution in [2.24, 2.45) is 0 Å². The van der Waals surface area contributed by atoms with Crippen molar-refractivity contribution in [1.29, 1.82) is 0 Å². The Bertz CT molecular complexity index is 1110. The Morgan fingerprint density at radius 3 is 2.45 bits per heavy atom. The molecular formula is C24H28ClNO6S. The van der Waals surface area contributed by atoms with Crippen LogP contribution in [0.3, 0.4) is 0 Å². The number of fused-ring (bicyclic) bond motifs is 3. The summed E-state index contributed by atoms with van der Waals surface area (Å²) >= 11 is 8.15. The number of hydrogen-bond acceptors (Lipinski definition) is 7. The summed E-state index contributed by atoms with van der Waals surface area (Å²) in [4.78, 5) is 25.9. The zero-order valence-corrected chi connectivity index (χ0v) is 20.9. The van der Waals surface area contributed by atoms with E-state index in [-0.39, 0.29) is 5.43 Å². The third-order valence-electron chi connectivity index (χ3n) is 5.54. The molecule has 2 aromatic rings. The zero-order valence-electron chi connectivity index (χ0n) is 19.4. The van der Waals surface area contributed by atoms with E-state index in [1.165, 1.54) is 26.0 Å². The molecule has 0 fully saturated rings. The van der Waals surface area contributed by atoms with E-state index in [0.717, 1.165) is 11.1 Å². The average Bonchev–Trinajstić information content (AvgIpc) is 3.06. The van der Waals surface area contributed by atoms with Crippen LogP contribution >= 0.6 is 23.4 Å². The Hall–Kier alpha value is -2.58. The molecule has 0 aromatic heterocycles. The summed E-state index contributed by atoms with van der Waals surface area (Å²) in [6, 6.07) is 4.75. The summed E-state index contributed by atoms with van der Waals surface area (Å²) in [5.74, 6) is 1.19. The molecule has 178 valence electrons. The number of rotatable bonds is 7. The van der Waals surface area contributed by atoms with Gasteiger partial charge >= 0.3 is 6.09 Å². The highest BCUT2D eigenvalue weighted by atomic mass is 35.5. The number of ether oxygens (including phenoxy) is 4. The van der Waals surface area contributed by atoms with Gasteiger partial charge in [0.2, 0.25) is 5.75 Å². The third kappa shape index (κ3) is 4.87. The summed E-state index contributed by atoms with van der Waals surface area (Å²) in [6.07, 6.45) is 3.03. The molecule has 0 saturated heterocycles. The highest BCUT2D eigenvalue weighted by molar-refractivity contribution is 7.98. The standard InChI is InChI=1S/C24H28ClNO6S/c1-6-11-32-24(28)26-16-9-7-14-19(13-8-10-18(33-5)17(27)12-15(13)16)21(29-2)23(31-4)22(30-3)20(14)25/h8,10,12,16H,6-7,9,11H2,1-5H3,(H,26,28)/t16-/m0/s1. The number of methoxy groups -OCH3 is 3. The summed E-state index contributed by atoms with van der Waals surface area (Å²) in [5, 5.41) is 3.33. The minimum absolute atomic E-state index is 0.133. The quantitative estimate of drug-likeness (QED) is 0.528. The topological polar surface area (TPSA) is 83.1 Å². The van der Waals surface area contributed by atoms with Crippen LogP contribution in [0.15, 0.2) is 27.9 Å². The molecule has 1 aliphatic carbocycles. The van der Waals surface area contributed by atoms with Crippen LogP contribution < -0.4 is 25.0 Å². The van der Waals surface area contributed by atoms with Gasteiger partial charge in [0.05, 0.1) is 43.9 Å². The zero-order chi connectivity index (χ0) is 24.1. The number of halogens is 1. The second-order valence-corrected chi connectivity index (χ2v) is 8.64. The summed E-state index contributed by atoms with van der Waals surface area (Å²) in [6.45, 7) is 2.24. The van der Waals surface area contributed by atoms with Crippen molar-refractivity contribution in [1.82, 2.24) is 5.32 Å². The summed E-state index contributed by atoms with van der Waals surface area (Å²) in [5.41, 5.74) is 2.76. The first-order valence-corrected chi connectivity index (χ1v) is 12.2. The fourth-order valence-corrected chi connectivity index (χ4v) is 4.88. The summed E-state index contributed by atoms with van der Waals surface area (Å²) in [7, 11) is 4.58. The van der Waals surface area contributed by atoms with Gasteiger partial charge in [-0.15, -0.1) is 11.8 Å². The third-order valence-corrected chi connectivity index (χ3v) is 6.71. The van der Waals surface area contributed by atoms with E-state index in [1.54, 1.807) is 19.2 Å². The number of hydrogen-bond donors (Lipinski definition) is 1. The molecule has 1 aliphatic rings. The van der Waals surface area contributed by atoms with Crippen molar-refractivity contribution in [3.8, 4) is 28.4 Å². The van der Waals surface area contributed by atoms with E-state index >= 15 is 0 Å². The number of alkyl carbamates (subject to hydrolysis) is 1. The van der Waals surface area contributed by atoms with Crippen molar-refractivity contribution in [2.75, 3.05) is 34.2 Å². The predicted octanol–water partition coefficient (Wildman–Crippen LogP) is 5.24. The molecule has 1 amide bonds. The van der Waals surface area contributed by atoms with Crippen LogP contribution in [0.2, 0.25) is 5.02 Å². The predicted molar refractivity (Wildman–Crippen MR) is 130 cm³/mol. The van der Waals surface area contributed by atoms with Gasteiger partial charge in [0.15, 0.2) is 16.9 Å².